The number of benzene rings is 2. The summed E-state index contributed by atoms with van der Waals surface area (Å²) >= 11 is 0. The molecule has 0 aliphatic rings. The molecule has 0 radical (unpaired) electrons. The van der Waals surface area contributed by atoms with Crippen LogP contribution in [0.15, 0.2) is 53.7 Å². The van der Waals surface area contributed by atoms with Crippen LogP contribution >= 0.6 is 0 Å². The minimum atomic E-state index is -4.55. The number of rotatable bonds is 6. The van der Waals surface area contributed by atoms with Gasteiger partial charge in [0.25, 0.3) is 0 Å². The van der Waals surface area contributed by atoms with Gasteiger partial charge in [0.1, 0.15) is 0 Å². The van der Waals surface area contributed by atoms with Crippen LogP contribution in [-0.4, -0.2) is 29.3 Å². The normalized spacial score (nSPS) is 12.2. The summed E-state index contributed by atoms with van der Waals surface area (Å²) in [6, 6.07) is 12.3. The Labute approximate surface area is 142 Å². The van der Waals surface area contributed by atoms with Crippen LogP contribution in [0.5, 0.6) is 0 Å². The second kappa shape index (κ2) is 7.89. The van der Waals surface area contributed by atoms with Crippen molar-refractivity contribution in [2.75, 3.05) is 18.1 Å². The second-order valence-corrected chi connectivity index (χ2v) is 5.35. The summed E-state index contributed by atoms with van der Waals surface area (Å²) in [5.41, 5.74) is 5.86. The molecular weight excluding hydrogens is 335 g/mol. The van der Waals surface area contributed by atoms with Gasteiger partial charge in [-0.2, -0.15) is 13.2 Å². The van der Waals surface area contributed by atoms with Crippen LogP contribution in [0.4, 0.5) is 18.9 Å². The molecule has 134 valence electrons. The van der Waals surface area contributed by atoms with Crippen molar-refractivity contribution in [2.45, 2.75) is 12.7 Å². The summed E-state index contributed by atoms with van der Waals surface area (Å²) in [7, 11) is 0. The van der Waals surface area contributed by atoms with Gasteiger partial charge in [-0.15, -0.1) is 0 Å². The molecule has 0 unspecified atom stereocenters. The van der Waals surface area contributed by atoms with Gasteiger partial charge in [0.2, 0.25) is 0 Å². The van der Waals surface area contributed by atoms with Crippen LogP contribution in [0.25, 0.3) is 0 Å². The molecule has 0 saturated heterocycles. The summed E-state index contributed by atoms with van der Waals surface area (Å²) < 4.78 is 38.9. The van der Waals surface area contributed by atoms with E-state index in [1.54, 1.807) is 4.90 Å². The third kappa shape index (κ3) is 4.63. The van der Waals surface area contributed by atoms with Crippen molar-refractivity contribution < 1.29 is 23.5 Å². The topological polar surface area (TPSA) is 82.1 Å². The third-order valence-electron chi connectivity index (χ3n) is 3.63. The van der Waals surface area contributed by atoms with Crippen LogP contribution in [0.1, 0.15) is 16.7 Å². The number of aliphatic hydroxyl groups excluding tert-OH is 1. The predicted octanol–water partition coefficient (Wildman–Crippen LogP) is 2.80. The molecule has 0 spiro atoms. The Morgan fingerprint density at radius 2 is 1.80 bits per heavy atom. The van der Waals surface area contributed by atoms with Crippen molar-refractivity contribution in [1.82, 2.24) is 0 Å². The molecule has 25 heavy (non-hydrogen) atoms. The van der Waals surface area contributed by atoms with Gasteiger partial charge in [-0.05, 0) is 23.8 Å². The Morgan fingerprint density at radius 1 is 1.12 bits per heavy atom. The highest BCUT2D eigenvalue weighted by Gasteiger charge is 2.32. The van der Waals surface area contributed by atoms with Crippen molar-refractivity contribution in [3.05, 3.63) is 65.2 Å². The van der Waals surface area contributed by atoms with Crippen molar-refractivity contribution in [1.29, 1.82) is 0 Å². The number of hydrogen-bond acceptors (Lipinski definition) is 4. The molecule has 2 rings (SSSR count). The van der Waals surface area contributed by atoms with Crippen LogP contribution in [0, 0.1) is 0 Å². The molecule has 0 aliphatic heterocycles. The average molecular weight is 353 g/mol. The first-order valence-electron chi connectivity index (χ1n) is 7.45. The molecule has 4 N–H and O–H groups in total. The Bertz CT molecular complexity index is 734. The van der Waals surface area contributed by atoms with E-state index >= 15 is 0 Å². The fourth-order valence-electron chi connectivity index (χ4n) is 2.46. The average Bonchev–Trinajstić information content (AvgIpc) is 2.60. The summed E-state index contributed by atoms with van der Waals surface area (Å²) in [6.07, 6.45) is -4.55. The van der Waals surface area contributed by atoms with E-state index in [1.807, 2.05) is 30.3 Å². The maximum Gasteiger partial charge on any atom is 0.416 e. The van der Waals surface area contributed by atoms with Crippen molar-refractivity contribution in [3.8, 4) is 0 Å². The Kier molecular flexibility index (Phi) is 5.87. The highest BCUT2D eigenvalue weighted by atomic mass is 19.4. The Morgan fingerprint density at radius 3 is 2.36 bits per heavy atom. The van der Waals surface area contributed by atoms with Gasteiger partial charge in [0, 0.05) is 24.3 Å². The fourth-order valence-corrected chi connectivity index (χ4v) is 2.46. The predicted molar refractivity (Wildman–Crippen MR) is 88.5 cm³/mol. The van der Waals surface area contributed by atoms with E-state index in [0.29, 0.717) is 12.2 Å². The molecular formula is C17H18F3N3O2. The van der Waals surface area contributed by atoms with E-state index in [2.05, 4.69) is 5.16 Å². The largest absolute Gasteiger partial charge is 0.416 e. The number of halogens is 3. The number of oxime groups is 1. The summed E-state index contributed by atoms with van der Waals surface area (Å²) in [5, 5.41) is 21.1. The lowest BCUT2D eigenvalue weighted by atomic mass is 10.1. The van der Waals surface area contributed by atoms with E-state index in [-0.39, 0.29) is 18.7 Å². The number of amidine groups is 1. The molecule has 0 aromatic heterocycles. The molecule has 0 heterocycles. The van der Waals surface area contributed by atoms with Crippen molar-refractivity contribution in [3.63, 3.8) is 0 Å². The summed E-state index contributed by atoms with van der Waals surface area (Å²) in [6.45, 7) is 0.313. The monoisotopic (exact) mass is 353 g/mol. The standard InChI is InChI=1S/C17H18F3N3O2/c18-17(19,20)13-6-7-15(14(10-13)16(21)22-25)23(8-9-24)11-12-4-2-1-3-5-12/h1-7,10,24-25H,8-9,11H2,(H2,21,22). The molecule has 0 bridgehead atoms. The molecule has 0 saturated carbocycles. The van der Waals surface area contributed by atoms with Gasteiger partial charge in [0.05, 0.1) is 12.2 Å². The molecule has 2 aromatic rings. The zero-order chi connectivity index (χ0) is 18.4. The second-order valence-electron chi connectivity index (χ2n) is 5.35. The summed E-state index contributed by atoms with van der Waals surface area (Å²) in [4.78, 5) is 1.67. The van der Waals surface area contributed by atoms with Crippen LogP contribution in [-0.2, 0) is 12.7 Å². The van der Waals surface area contributed by atoms with E-state index in [9.17, 15) is 18.3 Å². The van der Waals surface area contributed by atoms with Crippen LogP contribution in [0.3, 0.4) is 0 Å². The lowest BCUT2D eigenvalue weighted by Gasteiger charge is -2.27. The van der Waals surface area contributed by atoms with Crippen LogP contribution < -0.4 is 10.6 Å². The maximum atomic E-state index is 13.0. The van der Waals surface area contributed by atoms with Gasteiger partial charge in [-0.25, -0.2) is 0 Å². The lowest BCUT2D eigenvalue weighted by Crippen LogP contribution is -2.29. The number of anilines is 1. The van der Waals surface area contributed by atoms with Crippen molar-refractivity contribution >= 4 is 11.5 Å². The molecule has 5 nitrogen and oxygen atoms in total. The maximum absolute atomic E-state index is 13.0. The van der Waals surface area contributed by atoms with E-state index < -0.39 is 17.6 Å². The van der Waals surface area contributed by atoms with Gasteiger partial charge in [-0.1, -0.05) is 35.5 Å². The van der Waals surface area contributed by atoms with Gasteiger partial charge >= 0.3 is 6.18 Å². The number of nitrogens with two attached hydrogens (primary N) is 1. The van der Waals surface area contributed by atoms with E-state index in [0.717, 1.165) is 17.7 Å². The SMILES string of the molecule is N/C(=N/O)c1cc(C(F)(F)F)ccc1N(CCO)Cc1ccccc1. The lowest BCUT2D eigenvalue weighted by molar-refractivity contribution is -0.137. The molecule has 0 amide bonds. The van der Waals surface area contributed by atoms with E-state index in [1.165, 1.54) is 6.07 Å². The number of alkyl halides is 3. The zero-order valence-electron chi connectivity index (χ0n) is 13.2. The van der Waals surface area contributed by atoms with Gasteiger partial charge in [0.15, 0.2) is 5.84 Å². The highest BCUT2D eigenvalue weighted by Crippen LogP contribution is 2.33. The van der Waals surface area contributed by atoms with Gasteiger partial charge < -0.3 is 20.9 Å². The Balaban J connectivity index is 2.48. The smallest absolute Gasteiger partial charge is 0.409 e. The minimum absolute atomic E-state index is 0.0540. The molecule has 0 atom stereocenters. The number of nitrogens with zero attached hydrogens (tertiary/aromatic N) is 2. The Hall–Kier alpha value is -2.74. The molecule has 2 aromatic carbocycles. The van der Waals surface area contributed by atoms with Crippen LogP contribution in [0.2, 0.25) is 0 Å². The first kappa shape index (κ1) is 18.6. The first-order chi connectivity index (χ1) is 11.9. The summed E-state index contributed by atoms with van der Waals surface area (Å²) in [5.74, 6) is -0.433. The first-order valence-corrected chi connectivity index (χ1v) is 7.45. The third-order valence-corrected chi connectivity index (χ3v) is 3.63. The fraction of sp³-hybridized carbons (Fsp3) is 0.235. The highest BCUT2D eigenvalue weighted by molar-refractivity contribution is 6.02. The quantitative estimate of drug-likeness (QED) is 0.323. The number of hydrogen-bond donors (Lipinski definition) is 3. The molecule has 0 aliphatic carbocycles. The molecule has 8 heteroatoms. The number of aliphatic hydroxyl groups is 1. The van der Waals surface area contributed by atoms with Gasteiger partial charge in [-0.3, -0.25) is 0 Å². The minimum Gasteiger partial charge on any atom is -0.409 e. The van der Waals surface area contributed by atoms with E-state index in [4.69, 9.17) is 10.9 Å². The molecule has 0 fully saturated rings. The zero-order valence-corrected chi connectivity index (χ0v) is 13.2. The van der Waals surface area contributed by atoms with Crippen molar-refractivity contribution in [2.24, 2.45) is 10.9 Å².